The van der Waals surface area contributed by atoms with Crippen LogP contribution in [0.5, 0.6) is 0 Å². The van der Waals surface area contributed by atoms with E-state index in [1.54, 1.807) is 16.8 Å². The van der Waals surface area contributed by atoms with Gasteiger partial charge in [-0.1, -0.05) is 20.8 Å². The molecule has 0 aliphatic carbocycles. The number of aliphatic hydroxyl groups excluding tert-OH is 1. The van der Waals surface area contributed by atoms with E-state index in [1.165, 1.54) is 0 Å². The molecule has 0 saturated heterocycles. The quantitative estimate of drug-likeness (QED) is 0.904. The predicted molar refractivity (Wildman–Crippen MR) is 88.6 cm³/mol. The maximum Gasteiger partial charge on any atom is 0.251 e. The Bertz CT molecular complexity index is 684. The lowest BCUT2D eigenvalue weighted by Gasteiger charge is -2.25. The Hall–Kier alpha value is -2.21. The fraction of sp³-hybridized carbons (Fsp3) is 0.471. The van der Waals surface area contributed by atoms with Gasteiger partial charge in [-0.15, -0.1) is 0 Å². The van der Waals surface area contributed by atoms with Crippen molar-refractivity contribution in [2.24, 2.45) is 5.41 Å². The maximum absolute atomic E-state index is 12.1. The van der Waals surface area contributed by atoms with Crippen LogP contribution in [-0.2, 0) is 0 Å². The van der Waals surface area contributed by atoms with Crippen molar-refractivity contribution in [2.45, 2.75) is 40.7 Å². The minimum absolute atomic E-state index is 0.202. The van der Waals surface area contributed by atoms with E-state index in [-0.39, 0.29) is 17.9 Å². The van der Waals surface area contributed by atoms with Crippen LogP contribution in [0.15, 0.2) is 24.3 Å². The molecule has 0 saturated carbocycles. The van der Waals surface area contributed by atoms with Crippen molar-refractivity contribution < 1.29 is 9.90 Å². The van der Waals surface area contributed by atoms with E-state index in [0.29, 0.717) is 11.4 Å². The third kappa shape index (κ3) is 4.16. The van der Waals surface area contributed by atoms with Crippen molar-refractivity contribution in [3.8, 4) is 5.69 Å². The van der Waals surface area contributed by atoms with Gasteiger partial charge in [0, 0.05) is 12.1 Å². The normalized spacial score (nSPS) is 13.0. The lowest BCUT2D eigenvalue weighted by atomic mass is 9.89. The number of amides is 1. The van der Waals surface area contributed by atoms with Crippen LogP contribution in [-0.4, -0.2) is 38.4 Å². The molecule has 1 amide bonds. The molecule has 124 valence electrons. The zero-order chi connectivity index (χ0) is 17.2. The van der Waals surface area contributed by atoms with E-state index in [2.05, 4.69) is 15.4 Å². The van der Waals surface area contributed by atoms with Gasteiger partial charge in [-0.3, -0.25) is 4.79 Å². The number of hydrogen-bond acceptors (Lipinski definition) is 4. The van der Waals surface area contributed by atoms with Gasteiger partial charge in [0.25, 0.3) is 5.91 Å². The van der Waals surface area contributed by atoms with Crippen molar-refractivity contribution >= 4 is 5.91 Å². The summed E-state index contributed by atoms with van der Waals surface area (Å²) in [5.41, 5.74) is 1.14. The summed E-state index contributed by atoms with van der Waals surface area (Å²) in [4.78, 5) is 16.4. The third-order valence-electron chi connectivity index (χ3n) is 3.70. The smallest absolute Gasteiger partial charge is 0.251 e. The number of hydrogen-bond donors (Lipinski definition) is 2. The molecule has 1 aromatic carbocycles. The van der Waals surface area contributed by atoms with Crippen LogP contribution in [0.3, 0.4) is 0 Å². The number of aliphatic hydroxyl groups is 1. The zero-order valence-electron chi connectivity index (χ0n) is 14.3. The molecule has 0 spiro atoms. The van der Waals surface area contributed by atoms with Crippen LogP contribution in [0.2, 0.25) is 0 Å². The monoisotopic (exact) mass is 316 g/mol. The number of nitrogens with zero attached hydrogens (tertiary/aromatic N) is 3. The Morgan fingerprint density at radius 2 is 1.87 bits per heavy atom. The van der Waals surface area contributed by atoms with Gasteiger partial charge < -0.3 is 10.4 Å². The number of carbonyl (C=O) groups excluding carboxylic acids is 1. The summed E-state index contributed by atoms with van der Waals surface area (Å²) in [6.07, 6.45) is -0.591. The van der Waals surface area contributed by atoms with Gasteiger partial charge in [0.2, 0.25) is 0 Å². The summed E-state index contributed by atoms with van der Waals surface area (Å²) in [6.45, 7) is 9.75. The predicted octanol–water partition coefficient (Wildman–Crippen LogP) is 2.02. The zero-order valence-corrected chi connectivity index (χ0v) is 14.3. The highest BCUT2D eigenvalue weighted by atomic mass is 16.3. The number of nitrogens with one attached hydrogen (secondary N) is 1. The minimum Gasteiger partial charge on any atom is -0.391 e. The lowest BCUT2D eigenvalue weighted by Crippen LogP contribution is -2.39. The van der Waals surface area contributed by atoms with Crippen molar-refractivity contribution in [3.63, 3.8) is 0 Å². The van der Waals surface area contributed by atoms with Gasteiger partial charge in [0.05, 0.1) is 11.8 Å². The van der Waals surface area contributed by atoms with E-state index >= 15 is 0 Å². The topological polar surface area (TPSA) is 80.0 Å². The number of aryl methyl sites for hydroxylation is 2. The molecule has 1 unspecified atom stereocenters. The van der Waals surface area contributed by atoms with E-state index in [0.717, 1.165) is 11.5 Å². The highest BCUT2D eigenvalue weighted by Crippen LogP contribution is 2.18. The first-order valence-electron chi connectivity index (χ1n) is 7.65. The second-order valence-electron chi connectivity index (χ2n) is 6.76. The van der Waals surface area contributed by atoms with Crippen LogP contribution in [0, 0.1) is 19.3 Å². The van der Waals surface area contributed by atoms with E-state index < -0.39 is 6.10 Å². The third-order valence-corrected chi connectivity index (χ3v) is 3.70. The second kappa shape index (κ2) is 6.50. The summed E-state index contributed by atoms with van der Waals surface area (Å²) < 4.78 is 1.74. The largest absolute Gasteiger partial charge is 0.391 e. The Kier molecular flexibility index (Phi) is 4.85. The van der Waals surface area contributed by atoms with E-state index in [4.69, 9.17) is 0 Å². The summed E-state index contributed by atoms with van der Waals surface area (Å²) in [7, 11) is 0. The standard InChI is InChI=1S/C17H24N4O2/c1-11-19-12(2)21(20-11)14-8-6-13(7-9-14)16(23)18-10-15(22)17(3,4)5/h6-9,15,22H,10H2,1-5H3,(H,18,23). The van der Waals surface area contributed by atoms with Crippen LogP contribution < -0.4 is 5.32 Å². The van der Waals surface area contributed by atoms with Crippen LogP contribution in [0.25, 0.3) is 5.69 Å². The Morgan fingerprint density at radius 3 is 2.35 bits per heavy atom. The first-order chi connectivity index (χ1) is 10.7. The summed E-state index contributed by atoms with van der Waals surface area (Å²) >= 11 is 0. The Morgan fingerprint density at radius 1 is 1.26 bits per heavy atom. The Balaban J connectivity index is 2.05. The number of carbonyl (C=O) groups is 1. The number of aromatic nitrogens is 3. The average molecular weight is 316 g/mol. The molecule has 0 radical (unpaired) electrons. The molecular formula is C17H24N4O2. The number of benzene rings is 1. The first-order valence-corrected chi connectivity index (χ1v) is 7.65. The molecule has 0 aliphatic rings. The molecule has 0 aliphatic heterocycles. The molecular weight excluding hydrogens is 292 g/mol. The van der Waals surface area contributed by atoms with Gasteiger partial charge in [-0.05, 0) is 43.5 Å². The summed E-state index contributed by atoms with van der Waals surface area (Å²) in [6, 6.07) is 7.14. The lowest BCUT2D eigenvalue weighted by molar-refractivity contribution is 0.0587. The van der Waals surface area contributed by atoms with Crippen molar-refractivity contribution in [2.75, 3.05) is 6.54 Å². The van der Waals surface area contributed by atoms with Gasteiger partial charge in [0.15, 0.2) is 0 Å². The van der Waals surface area contributed by atoms with E-state index in [1.807, 2.05) is 46.8 Å². The molecule has 1 atom stereocenters. The second-order valence-corrected chi connectivity index (χ2v) is 6.76. The fourth-order valence-electron chi connectivity index (χ4n) is 2.12. The van der Waals surface area contributed by atoms with Crippen molar-refractivity contribution in [1.82, 2.24) is 20.1 Å². The van der Waals surface area contributed by atoms with Crippen LogP contribution in [0.1, 0.15) is 42.8 Å². The van der Waals surface area contributed by atoms with Gasteiger partial charge in [-0.2, -0.15) is 5.10 Å². The molecule has 2 aromatic rings. The summed E-state index contributed by atoms with van der Waals surface area (Å²) in [5.74, 6) is 1.31. The maximum atomic E-state index is 12.1. The molecule has 6 nitrogen and oxygen atoms in total. The van der Waals surface area contributed by atoms with Crippen LogP contribution >= 0.6 is 0 Å². The molecule has 6 heteroatoms. The van der Waals surface area contributed by atoms with E-state index in [9.17, 15) is 9.90 Å². The van der Waals surface area contributed by atoms with Gasteiger partial charge >= 0.3 is 0 Å². The molecule has 23 heavy (non-hydrogen) atoms. The number of rotatable bonds is 4. The fourth-order valence-corrected chi connectivity index (χ4v) is 2.12. The molecule has 0 bridgehead atoms. The highest BCUT2D eigenvalue weighted by Gasteiger charge is 2.22. The van der Waals surface area contributed by atoms with Gasteiger partial charge in [0.1, 0.15) is 11.6 Å². The van der Waals surface area contributed by atoms with Gasteiger partial charge in [-0.25, -0.2) is 9.67 Å². The average Bonchev–Trinajstić information content (AvgIpc) is 2.82. The van der Waals surface area contributed by atoms with Crippen molar-refractivity contribution in [3.05, 3.63) is 41.5 Å². The molecule has 2 N–H and O–H groups in total. The van der Waals surface area contributed by atoms with Crippen molar-refractivity contribution in [1.29, 1.82) is 0 Å². The molecule has 1 heterocycles. The SMILES string of the molecule is Cc1nc(C)n(-c2ccc(C(=O)NCC(O)C(C)(C)C)cc2)n1. The molecule has 2 rings (SSSR count). The first kappa shape index (κ1) is 17.1. The Labute approximate surface area is 136 Å². The molecule has 0 fully saturated rings. The minimum atomic E-state index is -0.591. The summed E-state index contributed by atoms with van der Waals surface area (Å²) in [5, 5.41) is 17.0. The highest BCUT2D eigenvalue weighted by molar-refractivity contribution is 5.94. The van der Waals surface area contributed by atoms with Crippen LogP contribution in [0.4, 0.5) is 0 Å². The molecule has 1 aromatic heterocycles.